The van der Waals surface area contributed by atoms with Crippen molar-refractivity contribution in [3.63, 3.8) is 0 Å². The molecule has 3 heteroatoms. The Bertz CT molecular complexity index is 413. The van der Waals surface area contributed by atoms with E-state index < -0.39 is 0 Å². The molecule has 1 aromatic rings. The number of likely N-dealkylation sites (N-methyl/N-ethyl adjacent to an activating group) is 2. The summed E-state index contributed by atoms with van der Waals surface area (Å²) in [5.41, 5.74) is 2.87. The maximum Gasteiger partial charge on any atom is 0.0254 e. The van der Waals surface area contributed by atoms with Crippen LogP contribution in [-0.2, 0) is 13.0 Å². The molecular weight excluding hydrogens is 258 g/mol. The molecule has 2 atom stereocenters. The Kier molecular flexibility index (Phi) is 6.22. The lowest BCUT2D eigenvalue weighted by atomic mass is 10.1. The van der Waals surface area contributed by atoms with E-state index >= 15 is 0 Å². The Morgan fingerprint density at radius 3 is 2.38 bits per heavy atom. The summed E-state index contributed by atoms with van der Waals surface area (Å²) >= 11 is 0. The highest BCUT2D eigenvalue weighted by Gasteiger charge is 2.30. The maximum atomic E-state index is 3.38. The van der Waals surface area contributed by atoms with Gasteiger partial charge < -0.3 is 10.2 Å². The largest absolute Gasteiger partial charge is 0.317 e. The molecule has 1 aromatic carbocycles. The summed E-state index contributed by atoms with van der Waals surface area (Å²) in [6.45, 7) is 10.1. The number of nitrogens with zero attached hydrogens (tertiary/aromatic N) is 2. The second kappa shape index (κ2) is 7.92. The van der Waals surface area contributed by atoms with Crippen LogP contribution in [0.2, 0.25) is 0 Å². The van der Waals surface area contributed by atoms with E-state index in [4.69, 9.17) is 0 Å². The molecule has 0 bridgehead atoms. The molecule has 1 saturated heterocycles. The second-order valence-electron chi connectivity index (χ2n) is 6.62. The molecule has 0 aliphatic carbocycles. The van der Waals surface area contributed by atoms with Gasteiger partial charge in [0.05, 0.1) is 0 Å². The number of likely N-dealkylation sites (tertiary alicyclic amines) is 1. The Labute approximate surface area is 130 Å². The predicted octanol–water partition coefficient (Wildman–Crippen LogP) is 2.22. The fraction of sp³-hybridized carbons (Fsp3) is 0.667. The lowest BCUT2D eigenvalue weighted by molar-refractivity contribution is 0.250. The number of hydrogen-bond donors (Lipinski definition) is 1. The third-order valence-corrected chi connectivity index (χ3v) is 4.58. The molecule has 1 aliphatic rings. The fourth-order valence-corrected chi connectivity index (χ4v) is 3.33. The van der Waals surface area contributed by atoms with E-state index in [9.17, 15) is 0 Å². The van der Waals surface area contributed by atoms with Crippen LogP contribution in [0.4, 0.5) is 0 Å². The van der Waals surface area contributed by atoms with Crippen molar-refractivity contribution in [1.82, 2.24) is 15.1 Å². The molecule has 1 N–H and O–H groups in total. The topological polar surface area (TPSA) is 18.5 Å². The van der Waals surface area contributed by atoms with Crippen LogP contribution in [0.15, 0.2) is 24.3 Å². The first kappa shape index (κ1) is 16.5. The smallest absolute Gasteiger partial charge is 0.0254 e. The van der Waals surface area contributed by atoms with Gasteiger partial charge in [-0.2, -0.15) is 0 Å². The van der Waals surface area contributed by atoms with Gasteiger partial charge in [0.2, 0.25) is 0 Å². The molecule has 0 aromatic heterocycles. The fourth-order valence-electron chi connectivity index (χ4n) is 3.33. The van der Waals surface area contributed by atoms with E-state index in [1.807, 2.05) is 0 Å². The monoisotopic (exact) mass is 289 g/mol. The number of benzene rings is 1. The minimum atomic E-state index is 0.699. The minimum Gasteiger partial charge on any atom is -0.317 e. The third-order valence-electron chi connectivity index (χ3n) is 4.58. The van der Waals surface area contributed by atoms with Crippen molar-refractivity contribution < 1.29 is 0 Å². The highest BCUT2D eigenvalue weighted by molar-refractivity contribution is 5.23. The normalized spacial score (nSPS) is 23.1. The van der Waals surface area contributed by atoms with Crippen LogP contribution in [0.25, 0.3) is 0 Å². The van der Waals surface area contributed by atoms with Crippen molar-refractivity contribution in [2.24, 2.45) is 5.92 Å². The van der Waals surface area contributed by atoms with Gasteiger partial charge >= 0.3 is 0 Å². The lowest BCUT2D eigenvalue weighted by Crippen LogP contribution is -2.34. The van der Waals surface area contributed by atoms with Gasteiger partial charge in [-0.05, 0) is 50.7 Å². The van der Waals surface area contributed by atoms with Gasteiger partial charge in [-0.3, -0.25) is 4.90 Å². The first-order valence-corrected chi connectivity index (χ1v) is 8.27. The summed E-state index contributed by atoms with van der Waals surface area (Å²) in [5.74, 6) is 0.763. The van der Waals surface area contributed by atoms with Crippen LogP contribution in [0.5, 0.6) is 0 Å². The van der Waals surface area contributed by atoms with Crippen LogP contribution < -0.4 is 5.32 Å². The molecule has 2 rings (SSSR count). The predicted molar refractivity (Wildman–Crippen MR) is 90.6 cm³/mol. The Hall–Kier alpha value is -0.900. The summed E-state index contributed by atoms with van der Waals surface area (Å²) in [4.78, 5) is 4.96. The zero-order valence-electron chi connectivity index (χ0n) is 14.1. The molecule has 21 heavy (non-hydrogen) atoms. The van der Waals surface area contributed by atoms with E-state index in [1.165, 1.54) is 24.2 Å². The van der Waals surface area contributed by atoms with E-state index in [1.54, 1.807) is 0 Å². The Morgan fingerprint density at radius 1 is 1.14 bits per heavy atom. The molecule has 0 spiro atoms. The summed E-state index contributed by atoms with van der Waals surface area (Å²) < 4.78 is 0. The van der Waals surface area contributed by atoms with Crippen molar-refractivity contribution in [2.75, 3.05) is 40.3 Å². The maximum absolute atomic E-state index is 3.38. The SMILES string of the molecule is CCNCCc1ccc(CN2CC(C)C(N(C)C)C2)cc1. The van der Waals surface area contributed by atoms with Gasteiger partial charge in [-0.15, -0.1) is 0 Å². The number of hydrogen-bond acceptors (Lipinski definition) is 3. The molecule has 3 nitrogen and oxygen atoms in total. The van der Waals surface area contributed by atoms with Crippen molar-refractivity contribution >= 4 is 0 Å². The first-order valence-electron chi connectivity index (χ1n) is 8.27. The zero-order valence-corrected chi connectivity index (χ0v) is 14.1. The van der Waals surface area contributed by atoms with Crippen molar-refractivity contribution in [3.8, 4) is 0 Å². The number of nitrogens with one attached hydrogen (secondary N) is 1. The van der Waals surface area contributed by atoms with Crippen LogP contribution >= 0.6 is 0 Å². The van der Waals surface area contributed by atoms with Crippen molar-refractivity contribution in [3.05, 3.63) is 35.4 Å². The average Bonchev–Trinajstić information content (AvgIpc) is 2.82. The molecule has 1 fully saturated rings. The number of rotatable bonds is 7. The van der Waals surface area contributed by atoms with Crippen LogP contribution in [-0.4, -0.2) is 56.1 Å². The molecule has 0 radical (unpaired) electrons. The molecule has 118 valence electrons. The zero-order chi connectivity index (χ0) is 15.2. The third kappa shape index (κ3) is 4.80. The van der Waals surface area contributed by atoms with Gasteiger partial charge in [0.15, 0.2) is 0 Å². The van der Waals surface area contributed by atoms with Crippen LogP contribution in [0.1, 0.15) is 25.0 Å². The van der Waals surface area contributed by atoms with Gasteiger partial charge in [0.25, 0.3) is 0 Å². The van der Waals surface area contributed by atoms with E-state index in [0.717, 1.165) is 32.0 Å². The van der Waals surface area contributed by atoms with Gasteiger partial charge in [-0.1, -0.05) is 38.1 Å². The lowest BCUT2D eigenvalue weighted by Gasteiger charge is -2.22. The molecule has 2 unspecified atom stereocenters. The van der Waals surface area contributed by atoms with Crippen LogP contribution in [0.3, 0.4) is 0 Å². The van der Waals surface area contributed by atoms with Crippen molar-refractivity contribution in [2.45, 2.75) is 32.9 Å². The average molecular weight is 289 g/mol. The first-order chi connectivity index (χ1) is 10.1. The van der Waals surface area contributed by atoms with Gasteiger partial charge in [0, 0.05) is 25.7 Å². The molecular formula is C18H31N3. The molecule has 1 heterocycles. The second-order valence-corrected chi connectivity index (χ2v) is 6.62. The summed E-state index contributed by atoms with van der Waals surface area (Å²) in [6.07, 6.45) is 1.12. The van der Waals surface area contributed by atoms with Crippen LogP contribution in [0, 0.1) is 5.92 Å². The molecule has 1 aliphatic heterocycles. The minimum absolute atomic E-state index is 0.699. The summed E-state index contributed by atoms with van der Waals surface area (Å²) in [7, 11) is 4.40. The Morgan fingerprint density at radius 2 is 1.81 bits per heavy atom. The van der Waals surface area contributed by atoms with E-state index in [0.29, 0.717) is 6.04 Å². The highest BCUT2D eigenvalue weighted by atomic mass is 15.2. The standard InChI is InChI=1S/C18H31N3/c1-5-19-11-10-16-6-8-17(9-7-16)13-21-12-15(2)18(14-21)20(3)4/h6-9,15,18-19H,5,10-14H2,1-4H3. The quantitative estimate of drug-likeness (QED) is 0.777. The Balaban J connectivity index is 1.83. The van der Waals surface area contributed by atoms with Crippen molar-refractivity contribution in [1.29, 1.82) is 0 Å². The highest BCUT2D eigenvalue weighted by Crippen LogP contribution is 2.21. The van der Waals surface area contributed by atoms with E-state index in [2.05, 4.69) is 67.3 Å². The van der Waals surface area contributed by atoms with Gasteiger partial charge in [0.1, 0.15) is 0 Å². The summed E-state index contributed by atoms with van der Waals surface area (Å²) in [5, 5.41) is 3.38. The molecule has 0 amide bonds. The van der Waals surface area contributed by atoms with Gasteiger partial charge in [-0.25, -0.2) is 0 Å². The van der Waals surface area contributed by atoms with E-state index in [-0.39, 0.29) is 0 Å². The molecule has 0 saturated carbocycles. The summed E-state index contributed by atoms with van der Waals surface area (Å²) in [6, 6.07) is 9.87.